The minimum atomic E-state index is -1.00. The second kappa shape index (κ2) is 6.20. The Morgan fingerprint density at radius 1 is 1.38 bits per heavy atom. The van der Waals surface area contributed by atoms with E-state index in [2.05, 4.69) is 0 Å². The van der Waals surface area contributed by atoms with Crippen molar-refractivity contribution in [2.45, 2.75) is 32.2 Å². The Morgan fingerprint density at radius 3 is 2.71 bits per heavy atom. The Labute approximate surface area is 121 Å². The number of halogens is 2. The fourth-order valence-electron chi connectivity index (χ4n) is 2.72. The van der Waals surface area contributed by atoms with Crippen LogP contribution >= 0.6 is 0 Å². The van der Waals surface area contributed by atoms with E-state index in [1.165, 1.54) is 12.1 Å². The van der Waals surface area contributed by atoms with E-state index in [9.17, 15) is 18.4 Å². The predicted molar refractivity (Wildman–Crippen MR) is 71.6 cm³/mol. The third-order valence-corrected chi connectivity index (χ3v) is 3.92. The van der Waals surface area contributed by atoms with E-state index in [4.69, 9.17) is 5.11 Å². The zero-order chi connectivity index (χ0) is 15.6. The van der Waals surface area contributed by atoms with Crippen molar-refractivity contribution in [2.24, 2.45) is 5.92 Å². The molecule has 114 valence electrons. The zero-order valence-electron chi connectivity index (χ0n) is 11.7. The van der Waals surface area contributed by atoms with Crippen LogP contribution in [-0.2, 0) is 16.0 Å². The van der Waals surface area contributed by atoms with Crippen LogP contribution < -0.4 is 0 Å². The molecule has 2 unspecified atom stereocenters. The Bertz CT molecular complexity index is 562. The number of likely N-dealkylation sites (tertiary alicyclic amines) is 1. The molecule has 6 heteroatoms. The Kier molecular flexibility index (Phi) is 4.55. The first kappa shape index (κ1) is 15.4. The number of rotatable bonds is 3. The number of benzene rings is 1. The molecule has 1 N–H and O–H groups in total. The third kappa shape index (κ3) is 3.37. The van der Waals surface area contributed by atoms with Crippen LogP contribution in [0, 0.1) is 17.6 Å². The minimum Gasteiger partial charge on any atom is -0.481 e. The summed E-state index contributed by atoms with van der Waals surface area (Å²) in [5, 5.41) is 8.99. The van der Waals surface area contributed by atoms with Crippen LogP contribution in [0.15, 0.2) is 18.2 Å². The molecule has 1 fully saturated rings. The number of piperidine rings is 1. The van der Waals surface area contributed by atoms with Crippen LogP contribution in [0.25, 0.3) is 0 Å². The van der Waals surface area contributed by atoms with Crippen LogP contribution in [0.2, 0.25) is 0 Å². The zero-order valence-corrected chi connectivity index (χ0v) is 11.7. The summed E-state index contributed by atoms with van der Waals surface area (Å²) in [6.45, 7) is 2.10. The maximum absolute atomic E-state index is 13.6. The van der Waals surface area contributed by atoms with Gasteiger partial charge in [0.25, 0.3) is 0 Å². The van der Waals surface area contributed by atoms with Crippen LogP contribution in [-0.4, -0.2) is 34.5 Å². The van der Waals surface area contributed by atoms with Gasteiger partial charge in [0.15, 0.2) is 11.6 Å². The highest BCUT2D eigenvalue weighted by Gasteiger charge is 2.32. The molecule has 1 aliphatic rings. The van der Waals surface area contributed by atoms with Crippen molar-refractivity contribution in [1.29, 1.82) is 0 Å². The van der Waals surface area contributed by atoms with Gasteiger partial charge in [0, 0.05) is 18.2 Å². The smallest absolute Gasteiger partial charge is 0.306 e. The molecule has 0 radical (unpaired) electrons. The molecule has 1 aromatic rings. The molecule has 1 heterocycles. The number of aliphatic carboxylic acids is 1. The van der Waals surface area contributed by atoms with Gasteiger partial charge in [-0.2, -0.15) is 0 Å². The molecule has 0 spiro atoms. The fraction of sp³-hybridized carbons (Fsp3) is 0.467. The molecule has 0 saturated carbocycles. The molecule has 1 aromatic carbocycles. The van der Waals surface area contributed by atoms with Gasteiger partial charge in [-0.15, -0.1) is 0 Å². The first-order valence-electron chi connectivity index (χ1n) is 6.85. The normalized spacial score (nSPS) is 22.1. The van der Waals surface area contributed by atoms with Gasteiger partial charge in [-0.25, -0.2) is 8.78 Å². The number of hydrogen-bond donors (Lipinski definition) is 1. The summed E-state index contributed by atoms with van der Waals surface area (Å²) in [5.74, 6) is -3.59. The molecule has 2 atom stereocenters. The van der Waals surface area contributed by atoms with Crippen molar-refractivity contribution in [3.63, 3.8) is 0 Å². The summed E-state index contributed by atoms with van der Waals surface area (Å²) in [5.41, 5.74) is 0.0209. The van der Waals surface area contributed by atoms with Gasteiger partial charge >= 0.3 is 5.97 Å². The summed E-state index contributed by atoms with van der Waals surface area (Å²) in [7, 11) is 0. The highest BCUT2D eigenvalue weighted by Crippen LogP contribution is 2.24. The molecule has 4 nitrogen and oxygen atoms in total. The standard InChI is InChI=1S/C15H17F2NO3/c1-9-7-11(15(20)21)5-6-18(9)13(19)8-10-3-2-4-12(16)14(10)17/h2-4,9,11H,5-8H2,1H3,(H,20,21). The first-order chi connectivity index (χ1) is 9.90. The molecule has 0 aromatic heterocycles. The second-order valence-electron chi connectivity index (χ2n) is 5.39. The summed E-state index contributed by atoms with van der Waals surface area (Å²) in [4.78, 5) is 24.7. The van der Waals surface area contributed by atoms with Crippen molar-refractivity contribution < 1.29 is 23.5 Å². The average molecular weight is 297 g/mol. The number of carboxylic acid groups (broad SMARTS) is 1. The summed E-state index contributed by atoms with van der Waals surface area (Å²) in [6.07, 6.45) is 0.551. The van der Waals surface area contributed by atoms with E-state index in [-0.39, 0.29) is 23.9 Å². The third-order valence-electron chi connectivity index (χ3n) is 3.92. The van der Waals surface area contributed by atoms with E-state index in [1.54, 1.807) is 11.8 Å². The number of carboxylic acids is 1. The maximum Gasteiger partial charge on any atom is 0.306 e. The van der Waals surface area contributed by atoms with Gasteiger partial charge in [0.05, 0.1) is 12.3 Å². The maximum atomic E-state index is 13.6. The van der Waals surface area contributed by atoms with Crippen LogP contribution in [0.3, 0.4) is 0 Å². The molecule has 1 saturated heterocycles. The van der Waals surface area contributed by atoms with Crippen LogP contribution in [0.4, 0.5) is 8.78 Å². The minimum absolute atomic E-state index is 0.0209. The Hall–Kier alpha value is -1.98. The quantitative estimate of drug-likeness (QED) is 0.930. The number of nitrogens with zero attached hydrogens (tertiary/aromatic N) is 1. The summed E-state index contributed by atoms with van der Waals surface area (Å²) < 4.78 is 26.7. The van der Waals surface area contributed by atoms with Gasteiger partial charge in [-0.3, -0.25) is 9.59 Å². The van der Waals surface area contributed by atoms with E-state index in [0.717, 1.165) is 6.07 Å². The molecule has 21 heavy (non-hydrogen) atoms. The van der Waals surface area contributed by atoms with Gasteiger partial charge in [-0.05, 0) is 25.8 Å². The lowest BCUT2D eigenvalue weighted by atomic mass is 9.91. The molecule has 2 rings (SSSR count). The molecular weight excluding hydrogens is 280 g/mol. The van der Waals surface area contributed by atoms with E-state index in [1.807, 2.05) is 0 Å². The number of carbonyl (C=O) groups excluding carboxylic acids is 1. The van der Waals surface area contributed by atoms with E-state index in [0.29, 0.717) is 19.4 Å². The SMILES string of the molecule is CC1CC(C(=O)O)CCN1C(=O)Cc1cccc(F)c1F. The van der Waals surface area contributed by atoms with Crippen LogP contribution in [0.1, 0.15) is 25.3 Å². The summed E-state index contributed by atoms with van der Waals surface area (Å²) >= 11 is 0. The first-order valence-corrected chi connectivity index (χ1v) is 6.85. The van der Waals surface area contributed by atoms with Gasteiger partial charge in [-0.1, -0.05) is 12.1 Å². The second-order valence-corrected chi connectivity index (χ2v) is 5.39. The number of hydrogen-bond acceptors (Lipinski definition) is 2. The topological polar surface area (TPSA) is 57.6 Å². The van der Waals surface area contributed by atoms with Crippen LogP contribution in [0.5, 0.6) is 0 Å². The molecule has 1 amide bonds. The molecular formula is C15H17F2NO3. The number of carbonyl (C=O) groups is 2. The Morgan fingerprint density at radius 2 is 2.10 bits per heavy atom. The molecule has 0 bridgehead atoms. The lowest BCUT2D eigenvalue weighted by Crippen LogP contribution is -2.46. The van der Waals surface area contributed by atoms with Gasteiger partial charge in [0.2, 0.25) is 5.91 Å². The average Bonchev–Trinajstić information content (AvgIpc) is 2.43. The highest BCUT2D eigenvalue weighted by molar-refractivity contribution is 5.79. The fourth-order valence-corrected chi connectivity index (χ4v) is 2.72. The largest absolute Gasteiger partial charge is 0.481 e. The Balaban J connectivity index is 2.04. The van der Waals surface area contributed by atoms with Gasteiger partial charge < -0.3 is 10.0 Å². The van der Waals surface area contributed by atoms with Crippen molar-refractivity contribution in [3.05, 3.63) is 35.4 Å². The number of amides is 1. The lowest BCUT2D eigenvalue weighted by molar-refractivity contribution is -0.147. The molecule has 0 aliphatic carbocycles. The van der Waals surface area contributed by atoms with Crippen molar-refractivity contribution in [3.8, 4) is 0 Å². The van der Waals surface area contributed by atoms with E-state index >= 15 is 0 Å². The van der Waals surface area contributed by atoms with Crippen molar-refractivity contribution in [1.82, 2.24) is 4.90 Å². The van der Waals surface area contributed by atoms with Gasteiger partial charge in [0.1, 0.15) is 0 Å². The van der Waals surface area contributed by atoms with E-state index < -0.39 is 23.5 Å². The highest BCUT2D eigenvalue weighted by atomic mass is 19.2. The molecule has 1 aliphatic heterocycles. The predicted octanol–water partition coefficient (Wildman–Crippen LogP) is 2.22. The monoisotopic (exact) mass is 297 g/mol. The van der Waals surface area contributed by atoms with Crippen molar-refractivity contribution in [2.75, 3.05) is 6.54 Å². The van der Waals surface area contributed by atoms with Crippen molar-refractivity contribution >= 4 is 11.9 Å². The lowest BCUT2D eigenvalue weighted by Gasteiger charge is -2.36. The summed E-state index contributed by atoms with van der Waals surface area (Å²) in [6, 6.07) is 3.53.